The van der Waals surface area contributed by atoms with Gasteiger partial charge in [-0.25, -0.2) is 9.67 Å². The molecule has 2 rings (SSSR count). The van der Waals surface area contributed by atoms with Crippen molar-refractivity contribution >= 4 is 11.6 Å². The Morgan fingerprint density at radius 3 is 2.87 bits per heavy atom. The molecule has 0 atom stereocenters. The number of aliphatic hydroxyl groups is 1. The van der Waals surface area contributed by atoms with E-state index in [4.69, 9.17) is 16.7 Å². The number of rotatable bonds is 2. The molecule has 6 heteroatoms. The van der Waals surface area contributed by atoms with Crippen LogP contribution in [-0.4, -0.2) is 25.1 Å². The van der Waals surface area contributed by atoms with Crippen LogP contribution in [0.4, 0.5) is 0 Å². The zero-order valence-corrected chi connectivity index (χ0v) is 8.81. The van der Waals surface area contributed by atoms with E-state index < -0.39 is 0 Å². The molecule has 0 aromatic carbocycles. The Morgan fingerprint density at radius 2 is 2.27 bits per heavy atom. The van der Waals surface area contributed by atoms with Gasteiger partial charge >= 0.3 is 0 Å². The minimum atomic E-state index is -0.110. The highest BCUT2D eigenvalue weighted by Crippen LogP contribution is 2.20. The average Bonchev–Trinajstić information content (AvgIpc) is 2.61. The van der Waals surface area contributed by atoms with Gasteiger partial charge in [-0.2, -0.15) is 0 Å². The first-order chi connectivity index (χ1) is 7.22. The zero-order valence-electron chi connectivity index (χ0n) is 8.05. The maximum absolute atomic E-state index is 9.16. The molecule has 0 bridgehead atoms. The fourth-order valence-electron chi connectivity index (χ4n) is 1.29. The molecule has 0 radical (unpaired) electrons. The highest BCUT2D eigenvalue weighted by Gasteiger charge is 2.11. The second-order valence-corrected chi connectivity index (χ2v) is 3.42. The third kappa shape index (κ3) is 1.84. The molecule has 1 N–H and O–H groups in total. The van der Waals surface area contributed by atoms with E-state index in [9.17, 15) is 0 Å². The summed E-state index contributed by atoms with van der Waals surface area (Å²) in [7, 11) is 1.73. The Kier molecular flexibility index (Phi) is 2.66. The van der Waals surface area contributed by atoms with Crippen molar-refractivity contribution in [2.24, 2.45) is 7.05 Å². The minimum Gasteiger partial charge on any atom is -0.390 e. The molecule has 0 amide bonds. The molecular weight excluding hydrogens is 216 g/mol. The third-order valence-corrected chi connectivity index (χ3v) is 2.32. The molecule has 0 fully saturated rings. The molecule has 5 nitrogen and oxygen atoms in total. The van der Waals surface area contributed by atoms with Gasteiger partial charge in [0.05, 0.1) is 12.3 Å². The van der Waals surface area contributed by atoms with E-state index in [0.29, 0.717) is 16.5 Å². The average molecular weight is 225 g/mol. The summed E-state index contributed by atoms with van der Waals surface area (Å²) in [6, 6.07) is 3.46. The molecule has 2 aromatic heterocycles. The summed E-state index contributed by atoms with van der Waals surface area (Å²) in [6.45, 7) is -0.110. The minimum absolute atomic E-state index is 0.110. The number of aryl methyl sites for hydroxylation is 1. The van der Waals surface area contributed by atoms with E-state index in [2.05, 4.69) is 15.3 Å². The molecule has 0 saturated heterocycles. The van der Waals surface area contributed by atoms with Crippen molar-refractivity contribution < 1.29 is 5.11 Å². The fourth-order valence-corrected chi connectivity index (χ4v) is 1.41. The highest BCUT2D eigenvalue weighted by atomic mass is 35.5. The smallest absolute Gasteiger partial charge is 0.129 e. The maximum Gasteiger partial charge on any atom is 0.129 e. The lowest BCUT2D eigenvalue weighted by Crippen LogP contribution is -1.98. The van der Waals surface area contributed by atoms with Crippen LogP contribution in [0.2, 0.25) is 5.15 Å². The number of aliphatic hydroxyl groups excluding tert-OH is 1. The lowest BCUT2D eigenvalue weighted by molar-refractivity contribution is 0.271. The normalized spacial score (nSPS) is 10.6. The predicted molar refractivity (Wildman–Crippen MR) is 55.2 cm³/mol. The van der Waals surface area contributed by atoms with E-state index in [1.165, 1.54) is 4.68 Å². The summed E-state index contributed by atoms with van der Waals surface area (Å²) >= 11 is 5.68. The van der Waals surface area contributed by atoms with Crippen molar-refractivity contribution in [3.05, 3.63) is 29.2 Å². The second kappa shape index (κ2) is 3.96. The monoisotopic (exact) mass is 224 g/mol. The van der Waals surface area contributed by atoms with Crippen LogP contribution in [0.5, 0.6) is 0 Å². The van der Waals surface area contributed by atoms with Gasteiger partial charge in [-0.3, -0.25) is 0 Å². The van der Waals surface area contributed by atoms with Gasteiger partial charge in [0.1, 0.15) is 10.8 Å². The highest BCUT2D eigenvalue weighted by molar-refractivity contribution is 6.29. The van der Waals surface area contributed by atoms with E-state index in [0.717, 1.165) is 5.56 Å². The van der Waals surface area contributed by atoms with Crippen LogP contribution in [0.15, 0.2) is 18.3 Å². The van der Waals surface area contributed by atoms with Gasteiger partial charge in [-0.1, -0.05) is 16.8 Å². The van der Waals surface area contributed by atoms with Gasteiger partial charge in [-0.05, 0) is 12.1 Å². The molecule has 0 saturated carbocycles. The number of hydrogen-bond acceptors (Lipinski definition) is 4. The van der Waals surface area contributed by atoms with Crippen LogP contribution in [0.25, 0.3) is 11.3 Å². The Bertz CT molecular complexity index is 465. The van der Waals surface area contributed by atoms with E-state index in [1.807, 2.05) is 0 Å². The SMILES string of the molecule is Cn1nnc(-c2ccc(Cl)nc2)c1CO. The van der Waals surface area contributed by atoms with Crippen LogP contribution in [-0.2, 0) is 13.7 Å². The molecule has 0 aliphatic carbocycles. The number of pyridine rings is 1. The third-order valence-electron chi connectivity index (χ3n) is 2.09. The molecular formula is C9H9ClN4O. The number of halogens is 1. The molecule has 0 aliphatic rings. The summed E-state index contributed by atoms with van der Waals surface area (Å²) < 4.78 is 1.53. The molecule has 15 heavy (non-hydrogen) atoms. The van der Waals surface area contributed by atoms with Gasteiger partial charge < -0.3 is 5.11 Å². The predicted octanol–water partition coefficient (Wildman–Crippen LogP) is 1.02. The topological polar surface area (TPSA) is 63.8 Å². The van der Waals surface area contributed by atoms with Gasteiger partial charge in [0.15, 0.2) is 0 Å². The lowest BCUT2D eigenvalue weighted by atomic mass is 10.2. The van der Waals surface area contributed by atoms with E-state index in [1.54, 1.807) is 25.4 Å². The Hall–Kier alpha value is -1.46. The van der Waals surface area contributed by atoms with E-state index >= 15 is 0 Å². The Labute approximate surface area is 91.3 Å². The summed E-state index contributed by atoms with van der Waals surface area (Å²) in [5, 5.41) is 17.4. The zero-order chi connectivity index (χ0) is 10.8. The Morgan fingerprint density at radius 1 is 1.47 bits per heavy atom. The summed E-state index contributed by atoms with van der Waals surface area (Å²) in [6.07, 6.45) is 1.60. The molecule has 78 valence electrons. The van der Waals surface area contributed by atoms with E-state index in [-0.39, 0.29) is 6.61 Å². The summed E-state index contributed by atoms with van der Waals surface area (Å²) in [5.41, 5.74) is 2.07. The van der Waals surface area contributed by atoms with Gasteiger partial charge in [0.25, 0.3) is 0 Å². The van der Waals surface area contributed by atoms with Crippen LogP contribution in [0.1, 0.15) is 5.69 Å². The van der Waals surface area contributed by atoms with Gasteiger partial charge in [-0.15, -0.1) is 5.10 Å². The molecule has 0 aliphatic heterocycles. The molecule has 2 heterocycles. The molecule has 0 spiro atoms. The fraction of sp³-hybridized carbons (Fsp3) is 0.222. The van der Waals surface area contributed by atoms with Crippen LogP contribution < -0.4 is 0 Å². The van der Waals surface area contributed by atoms with Crippen LogP contribution in [0, 0.1) is 0 Å². The van der Waals surface area contributed by atoms with Crippen LogP contribution in [0.3, 0.4) is 0 Å². The molecule has 0 unspecified atom stereocenters. The standard InChI is InChI=1S/C9H9ClN4O/c1-14-7(5-15)9(12-13-14)6-2-3-8(10)11-4-6/h2-4,15H,5H2,1H3. The van der Waals surface area contributed by atoms with Crippen molar-refractivity contribution in [2.75, 3.05) is 0 Å². The van der Waals surface area contributed by atoms with Crippen molar-refractivity contribution in [3.63, 3.8) is 0 Å². The first kappa shape index (κ1) is 10.1. The summed E-state index contributed by atoms with van der Waals surface area (Å²) in [4.78, 5) is 3.95. The lowest BCUT2D eigenvalue weighted by Gasteiger charge is -2.00. The van der Waals surface area contributed by atoms with Gasteiger partial charge in [0.2, 0.25) is 0 Å². The summed E-state index contributed by atoms with van der Waals surface area (Å²) in [5.74, 6) is 0. The van der Waals surface area contributed by atoms with Crippen molar-refractivity contribution in [3.8, 4) is 11.3 Å². The first-order valence-corrected chi connectivity index (χ1v) is 4.71. The number of aromatic nitrogens is 4. The second-order valence-electron chi connectivity index (χ2n) is 3.04. The number of nitrogens with zero attached hydrogens (tertiary/aromatic N) is 4. The maximum atomic E-state index is 9.16. The quantitative estimate of drug-likeness (QED) is 0.774. The van der Waals surface area contributed by atoms with Crippen molar-refractivity contribution in [1.29, 1.82) is 0 Å². The molecule has 2 aromatic rings. The van der Waals surface area contributed by atoms with Gasteiger partial charge in [0, 0.05) is 18.8 Å². The largest absolute Gasteiger partial charge is 0.390 e. The Balaban J connectivity index is 2.49. The van der Waals surface area contributed by atoms with Crippen molar-refractivity contribution in [1.82, 2.24) is 20.0 Å². The van der Waals surface area contributed by atoms with Crippen LogP contribution >= 0.6 is 11.6 Å². The number of hydrogen-bond donors (Lipinski definition) is 1. The van der Waals surface area contributed by atoms with Crippen molar-refractivity contribution in [2.45, 2.75) is 6.61 Å². The first-order valence-electron chi connectivity index (χ1n) is 4.33.